The zero-order valence-electron chi connectivity index (χ0n) is 9.57. The molecule has 1 saturated heterocycles. The first-order chi connectivity index (χ1) is 7.74. The number of nitrogens with zero attached hydrogens (tertiary/aromatic N) is 2. The first kappa shape index (κ1) is 11.1. The molecule has 88 valence electrons. The number of carbonyl (C=O) groups excluding carboxylic acids is 1. The molecular weight excluding hydrogens is 204 g/mol. The third kappa shape index (κ3) is 3.06. The number of carbonyl (C=O) groups is 1. The fourth-order valence-electron chi connectivity index (χ4n) is 2.00. The first-order valence-electron chi connectivity index (χ1n) is 5.77. The molecule has 0 saturated carbocycles. The van der Waals surface area contributed by atoms with Gasteiger partial charge in [-0.05, 0) is 25.8 Å². The molecule has 1 aliphatic rings. The van der Waals surface area contributed by atoms with Gasteiger partial charge in [0.2, 0.25) is 5.91 Å². The summed E-state index contributed by atoms with van der Waals surface area (Å²) in [5.41, 5.74) is 0. The molecule has 16 heavy (non-hydrogen) atoms. The molecule has 2 N–H and O–H groups in total. The third-order valence-electron chi connectivity index (χ3n) is 2.86. The van der Waals surface area contributed by atoms with Gasteiger partial charge in [-0.3, -0.25) is 9.48 Å². The van der Waals surface area contributed by atoms with Crippen molar-refractivity contribution in [3.05, 3.63) is 12.3 Å². The van der Waals surface area contributed by atoms with Crippen LogP contribution >= 0.6 is 0 Å². The molecule has 1 aliphatic heterocycles. The standard InChI is InChI=1S/C11H18N4O/c1-15-8-6-10(14-15)13-11(16)5-4-9-3-2-7-12-9/h6,8-9,12H,2-5,7H2,1H3,(H,13,14,16). The lowest BCUT2D eigenvalue weighted by atomic mass is 10.1. The van der Waals surface area contributed by atoms with Crippen LogP contribution in [0.3, 0.4) is 0 Å². The topological polar surface area (TPSA) is 59.0 Å². The second-order valence-electron chi connectivity index (χ2n) is 4.25. The maximum Gasteiger partial charge on any atom is 0.225 e. The monoisotopic (exact) mass is 222 g/mol. The van der Waals surface area contributed by atoms with Gasteiger partial charge in [-0.15, -0.1) is 0 Å². The molecule has 0 aliphatic carbocycles. The molecule has 1 atom stereocenters. The van der Waals surface area contributed by atoms with Gasteiger partial charge in [0, 0.05) is 31.8 Å². The quantitative estimate of drug-likeness (QED) is 0.795. The minimum absolute atomic E-state index is 0.0485. The molecule has 5 heteroatoms. The second kappa shape index (κ2) is 5.12. The second-order valence-corrected chi connectivity index (χ2v) is 4.25. The molecule has 0 aromatic carbocycles. The van der Waals surface area contributed by atoms with Gasteiger partial charge in [0.25, 0.3) is 0 Å². The van der Waals surface area contributed by atoms with Gasteiger partial charge >= 0.3 is 0 Å². The smallest absolute Gasteiger partial charge is 0.225 e. The Bertz CT molecular complexity index is 355. The van der Waals surface area contributed by atoms with Crippen LogP contribution in [0.1, 0.15) is 25.7 Å². The van der Waals surface area contributed by atoms with E-state index in [2.05, 4.69) is 15.7 Å². The van der Waals surface area contributed by atoms with Crippen molar-refractivity contribution in [2.24, 2.45) is 7.05 Å². The van der Waals surface area contributed by atoms with Crippen LogP contribution in [0.2, 0.25) is 0 Å². The maximum absolute atomic E-state index is 11.6. The molecule has 5 nitrogen and oxygen atoms in total. The van der Waals surface area contributed by atoms with Crippen molar-refractivity contribution < 1.29 is 4.79 Å². The number of rotatable bonds is 4. The maximum atomic E-state index is 11.6. The van der Waals surface area contributed by atoms with E-state index in [4.69, 9.17) is 0 Å². The Morgan fingerprint density at radius 2 is 2.62 bits per heavy atom. The molecular formula is C11H18N4O. The molecule has 0 bridgehead atoms. The summed E-state index contributed by atoms with van der Waals surface area (Å²) in [5.74, 6) is 0.680. The van der Waals surface area contributed by atoms with Gasteiger partial charge in [-0.1, -0.05) is 0 Å². The van der Waals surface area contributed by atoms with Crippen LogP contribution in [0, 0.1) is 0 Å². The Balaban J connectivity index is 1.71. The van der Waals surface area contributed by atoms with E-state index >= 15 is 0 Å². The van der Waals surface area contributed by atoms with Crippen LogP contribution in [0.4, 0.5) is 5.82 Å². The average molecular weight is 222 g/mol. The van der Waals surface area contributed by atoms with Crippen LogP contribution < -0.4 is 10.6 Å². The molecule has 1 fully saturated rings. The predicted molar refractivity (Wildman–Crippen MR) is 62.1 cm³/mol. The van der Waals surface area contributed by atoms with Gasteiger partial charge in [-0.25, -0.2) is 0 Å². The van der Waals surface area contributed by atoms with E-state index in [1.807, 2.05) is 13.2 Å². The van der Waals surface area contributed by atoms with E-state index in [9.17, 15) is 4.79 Å². The lowest BCUT2D eigenvalue weighted by Gasteiger charge is -2.08. The lowest BCUT2D eigenvalue weighted by Crippen LogP contribution is -2.23. The Morgan fingerprint density at radius 3 is 3.25 bits per heavy atom. The summed E-state index contributed by atoms with van der Waals surface area (Å²) in [6, 6.07) is 2.32. The zero-order chi connectivity index (χ0) is 11.4. The van der Waals surface area contributed by atoms with Crippen LogP contribution in [0.5, 0.6) is 0 Å². The number of hydrogen-bond acceptors (Lipinski definition) is 3. The highest BCUT2D eigenvalue weighted by Gasteiger charge is 2.15. The number of anilines is 1. The van der Waals surface area contributed by atoms with E-state index in [1.54, 1.807) is 10.7 Å². The predicted octanol–water partition coefficient (Wildman–Crippen LogP) is 0.891. The largest absolute Gasteiger partial charge is 0.314 e. The molecule has 2 rings (SSSR count). The normalized spacial score (nSPS) is 19.9. The molecule has 0 radical (unpaired) electrons. The molecule has 1 unspecified atom stereocenters. The van der Waals surface area contributed by atoms with E-state index in [0.717, 1.165) is 13.0 Å². The highest BCUT2D eigenvalue weighted by atomic mass is 16.1. The van der Waals surface area contributed by atoms with Crippen LogP contribution in [0.25, 0.3) is 0 Å². The lowest BCUT2D eigenvalue weighted by molar-refractivity contribution is -0.116. The van der Waals surface area contributed by atoms with E-state index in [1.165, 1.54) is 12.8 Å². The van der Waals surface area contributed by atoms with Crippen molar-refractivity contribution >= 4 is 11.7 Å². The number of amides is 1. The summed E-state index contributed by atoms with van der Waals surface area (Å²) in [5, 5.41) is 10.3. The molecule has 1 aromatic rings. The summed E-state index contributed by atoms with van der Waals surface area (Å²) in [6.07, 6.45) is 5.71. The van der Waals surface area contributed by atoms with Gasteiger partial charge in [-0.2, -0.15) is 5.10 Å². The van der Waals surface area contributed by atoms with Crippen molar-refractivity contribution in [3.8, 4) is 0 Å². The Hall–Kier alpha value is -1.36. The number of aromatic nitrogens is 2. The van der Waals surface area contributed by atoms with Gasteiger partial charge < -0.3 is 10.6 Å². The summed E-state index contributed by atoms with van der Waals surface area (Å²) in [6.45, 7) is 1.09. The zero-order valence-corrected chi connectivity index (χ0v) is 9.57. The minimum Gasteiger partial charge on any atom is -0.314 e. The molecule has 1 amide bonds. The van der Waals surface area contributed by atoms with Crippen molar-refractivity contribution in [1.82, 2.24) is 15.1 Å². The van der Waals surface area contributed by atoms with Gasteiger partial charge in [0.05, 0.1) is 0 Å². The third-order valence-corrected chi connectivity index (χ3v) is 2.86. The molecule has 0 spiro atoms. The van der Waals surface area contributed by atoms with Gasteiger partial charge in [0.15, 0.2) is 5.82 Å². The summed E-state index contributed by atoms with van der Waals surface area (Å²) < 4.78 is 1.67. The Labute approximate surface area is 95.2 Å². The highest BCUT2D eigenvalue weighted by Crippen LogP contribution is 2.11. The number of nitrogens with one attached hydrogen (secondary N) is 2. The van der Waals surface area contributed by atoms with Crippen LogP contribution in [-0.2, 0) is 11.8 Å². The van der Waals surface area contributed by atoms with Crippen molar-refractivity contribution in [2.75, 3.05) is 11.9 Å². The van der Waals surface area contributed by atoms with Crippen LogP contribution in [-0.4, -0.2) is 28.3 Å². The Kier molecular flexibility index (Phi) is 3.56. The summed E-state index contributed by atoms with van der Waals surface area (Å²) in [4.78, 5) is 11.6. The van der Waals surface area contributed by atoms with Crippen molar-refractivity contribution in [1.29, 1.82) is 0 Å². The fourth-order valence-corrected chi connectivity index (χ4v) is 2.00. The van der Waals surface area contributed by atoms with Crippen molar-refractivity contribution in [3.63, 3.8) is 0 Å². The SMILES string of the molecule is Cn1ccc(NC(=O)CCC2CCCN2)n1. The van der Waals surface area contributed by atoms with Crippen LogP contribution in [0.15, 0.2) is 12.3 Å². The molecule has 2 heterocycles. The fraction of sp³-hybridized carbons (Fsp3) is 0.636. The molecule has 1 aromatic heterocycles. The van der Waals surface area contributed by atoms with Crippen molar-refractivity contribution in [2.45, 2.75) is 31.7 Å². The number of aryl methyl sites for hydroxylation is 1. The highest BCUT2D eigenvalue weighted by molar-refractivity contribution is 5.89. The summed E-state index contributed by atoms with van der Waals surface area (Å²) >= 11 is 0. The van der Waals surface area contributed by atoms with E-state index < -0.39 is 0 Å². The summed E-state index contributed by atoms with van der Waals surface area (Å²) in [7, 11) is 1.83. The van der Waals surface area contributed by atoms with E-state index in [0.29, 0.717) is 18.3 Å². The minimum atomic E-state index is 0.0485. The first-order valence-corrected chi connectivity index (χ1v) is 5.77. The average Bonchev–Trinajstić information content (AvgIpc) is 2.87. The Morgan fingerprint density at radius 1 is 1.75 bits per heavy atom. The van der Waals surface area contributed by atoms with Gasteiger partial charge in [0.1, 0.15) is 0 Å². The number of hydrogen-bond donors (Lipinski definition) is 2. The van der Waals surface area contributed by atoms with E-state index in [-0.39, 0.29) is 5.91 Å².